The molecule has 2 heterocycles. The molecule has 122 valence electrons. The second-order valence-electron chi connectivity index (χ2n) is 7.48. The summed E-state index contributed by atoms with van der Waals surface area (Å²) in [5.41, 5.74) is 0.856. The maximum atomic E-state index is 12.3. The predicted octanol–water partition coefficient (Wildman–Crippen LogP) is 2.80. The minimum atomic E-state index is -0.283. The summed E-state index contributed by atoms with van der Waals surface area (Å²) in [4.78, 5) is 21.0. The minimum Gasteiger partial charge on any atom is -0.345 e. The van der Waals surface area contributed by atoms with E-state index in [2.05, 4.69) is 16.0 Å². The molecule has 0 aliphatic carbocycles. The highest BCUT2D eigenvalue weighted by Crippen LogP contribution is 2.22. The van der Waals surface area contributed by atoms with Crippen molar-refractivity contribution in [3.05, 3.63) is 30.1 Å². The van der Waals surface area contributed by atoms with Crippen molar-refractivity contribution in [1.29, 1.82) is 0 Å². The van der Waals surface area contributed by atoms with Crippen LogP contribution < -0.4 is 0 Å². The fourth-order valence-electron chi connectivity index (χ4n) is 3.09. The Morgan fingerprint density at radius 2 is 2.00 bits per heavy atom. The Morgan fingerprint density at radius 3 is 2.55 bits per heavy atom. The minimum absolute atomic E-state index is 0.239. The molecule has 0 aromatic carbocycles. The van der Waals surface area contributed by atoms with Gasteiger partial charge in [-0.3, -0.25) is 14.7 Å². The molecule has 0 N–H and O–H groups in total. The van der Waals surface area contributed by atoms with Gasteiger partial charge in [-0.1, -0.05) is 26.8 Å². The third kappa shape index (κ3) is 4.80. The third-order valence-electron chi connectivity index (χ3n) is 4.34. The van der Waals surface area contributed by atoms with Gasteiger partial charge in [0.1, 0.15) is 0 Å². The van der Waals surface area contributed by atoms with Gasteiger partial charge in [0.15, 0.2) is 0 Å². The lowest BCUT2D eigenvalue weighted by atomic mass is 9.92. The van der Waals surface area contributed by atoms with Crippen molar-refractivity contribution in [2.45, 2.75) is 40.2 Å². The monoisotopic (exact) mass is 303 g/mol. The summed E-state index contributed by atoms with van der Waals surface area (Å²) in [6, 6.07) is 6.09. The number of hydrogen-bond acceptors (Lipinski definition) is 3. The molecule has 0 unspecified atom stereocenters. The predicted molar refractivity (Wildman–Crippen MR) is 89.3 cm³/mol. The van der Waals surface area contributed by atoms with E-state index >= 15 is 0 Å². The Kier molecular flexibility index (Phi) is 5.57. The second kappa shape index (κ2) is 7.23. The molecule has 1 aromatic heterocycles. The Labute approximate surface area is 134 Å². The average Bonchev–Trinajstić information content (AvgIpc) is 2.48. The molecule has 1 amide bonds. The summed E-state index contributed by atoms with van der Waals surface area (Å²) in [6.45, 7) is 9.97. The van der Waals surface area contributed by atoms with Crippen molar-refractivity contribution >= 4 is 5.91 Å². The maximum absolute atomic E-state index is 12.3. The maximum Gasteiger partial charge on any atom is 0.227 e. The van der Waals surface area contributed by atoms with Crippen LogP contribution >= 0.6 is 0 Å². The highest BCUT2D eigenvalue weighted by molar-refractivity contribution is 5.81. The number of hydrogen-bond donors (Lipinski definition) is 0. The lowest BCUT2D eigenvalue weighted by molar-refractivity contribution is -0.138. The highest BCUT2D eigenvalue weighted by Gasteiger charge is 2.28. The van der Waals surface area contributed by atoms with Crippen LogP contribution in [0.2, 0.25) is 0 Å². The van der Waals surface area contributed by atoms with Crippen molar-refractivity contribution in [1.82, 2.24) is 14.8 Å². The van der Waals surface area contributed by atoms with E-state index in [4.69, 9.17) is 0 Å². The van der Waals surface area contributed by atoms with Gasteiger partial charge in [-0.15, -0.1) is 0 Å². The zero-order valence-corrected chi connectivity index (χ0v) is 14.4. The molecule has 1 aliphatic rings. The van der Waals surface area contributed by atoms with E-state index in [-0.39, 0.29) is 11.3 Å². The van der Waals surface area contributed by atoms with Gasteiger partial charge in [0.25, 0.3) is 0 Å². The molecule has 4 nitrogen and oxygen atoms in total. The van der Waals surface area contributed by atoms with Crippen LogP contribution in [0.15, 0.2) is 24.4 Å². The summed E-state index contributed by atoms with van der Waals surface area (Å²) in [5.74, 6) is 0.861. The summed E-state index contributed by atoms with van der Waals surface area (Å²) in [6.07, 6.45) is 4.18. The Hall–Kier alpha value is -1.42. The summed E-state index contributed by atoms with van der Waals surface area (Å²) >= 11 is 0. The number of amides is 1. The zero-order chi connectivity index (χ0) is 16.2. The van der Waals surface area contributed by atoms with E-state index in [1.165, 1.54) is 0 Å². The molecule has 0 spiro atoms. The van der Waals surface area contributed by atoms with Gasteiger partial charge in [0, 0.05) is 31.7 Å². The SMILES string of the molecule is CN(CC1CCN(Cc2ccccn2)CC1)C(=O)C(C)(C)C. The lowest BCUT2D eigenvalue weighted by Crippen LogP contribution is -2.42. The largest absolute Gasteiger partial charge is 0.345 e. The highest BCUT2D eigenvalue weighted by atomic mass is 16.2. The van der Waals surface area contributed by atoms with Crippen LogP contribution in [0.4, 0.5) is 0 Å². The molecule has 1 aliphatic heterocycles. The molecular weight excluding hydrogens is 274 g/mol. The molecule has 0 bridgehead atoms. The standard InChI is InChI=1S/C18H29N3O/c1-18(2,3)17(22)20(4)13-15-8-11-21(12-9-15)14-16-7-5-6-10-19-16/h5-7,10,15H,8-9,11-14H2,1-4H3. The van der Waals surface area contributed by atoms with Crippen molar-refractivity contribution in [3.63, 3.8) is 0 Å². The van der Waals surface area contributed by atoms with Gasteiger partial charge in [0.2, 0.25) is 5.91 Å². The van der Waals surface area contributed by atoms with Crippen LogP contribution in [0.5, 0.6) is 0 Å². The van der Waals surface area contributed by atoms with Crippen LogP contribution in [0, 0.1) is 11.3 Å². The van der Waals surface area contributed by atoms with Gasteiger partial charge >= 0.3 is 0 Å². The van der Waals surface area contributed by atoms with Crippen LogP contribution in [-0.4, -0.2) is 47.4 Å². The molecule has 0 radical (unpaired) electrons. The van der Waals surface area contributed by atoms with Gasteiger partial charge < -0.3 is 4.90 Å². The first-order valence-electron chi connectivity index (χ1n) is 8.24. The molecule has 0 atom stereocenters. The van der Waals surface area contributed by atoms with E-state index in [0.29, 0.717) is 5.92 Å². The third-order valence-corrected chi connectivity index (χ3v) is 4.34. The molecule has 1 saturated heterocycles. The van der Waals surface area contributed by atoms with Crippen molar-refractivity contribution in [3.8, 4) is 0 Å². The smallest absolute Gasteiger partial charge is 0.227 e. The van der Waals surface area contributed by atoms with E-state index in [9.17, 15) is 4.79 Å². The zero-order valence-electron chi connectivity index (χ0n) is 14.4. The number of piperidine rings is 1. The molecule has 1 aromatic rings. The molecular formula is C18H29N3O. The Bertz CT molecular complexity index is 473. The van der Waals surface area contributed by atoms with E-state index in [1.54, 1.807) is 0 Å². The molecule has 4 heteroatoms. The number of rotatable bonds is 4. The van der Waals surface area contributed by atoms with Gasteiger partial charge in [0.05, 0.1) is 5.69 Å². The first kappa shape index (κ1) is 16.9. The first-order chi connectivity index (χ1) is 10.4. The first-order valence-corrected chi connectivity index (χ1v) is 8.24. The number of carbonyl (C=O) groups is 1. The number of aromatic nitrogens is 1. The van der Waals surface area contributed by atoms with Crippen molar-refractivity contribution < 1.29 is 4.79 Å². The summed E-state index contributed by atoms with van der Waals surface area (Å²) in [7, 11) is 1.94. The van der Waals surface area contributed by atoms with Crippen LogP contribution in [-0.2, 0) is 11.3 Å². The number of pyridine rings is 1. The number of likely N-dealkylation sites (tertiary alicyclic amines) is 1. The van der Waals surface area contributed by atoms with Crippen molar-refractivity contribution in [2.24, 2.45) is 11.3 Å². The van der Waals surface area contributed by atoms with Gasteiger partial charge in [-0.25, -0.2) is 0 Å². The van der Waals surface area contributed by atoms with Crippen LogP contribution in [0.3, 0.4) is 0 Å². The number of carbonyl (C=O) groups excluding carboxylic acids is 1. The topological polar surface area (TPSA) is 36.4 Å². The average molecular weight is 303 g/mol. The van der Waals surface area contributed by atoms with Crippen LogP contribution in [0.1, 0.15) is 39.3 Å². The van der Waals surface area contributed by atoms with Crippen molar-refractivity contribution in [2.75, 3.05) is 26.7 Å². The van der Waals surface area contributed by atoms with Gasteiger partial charge in [-0.05, 0) is 44.0 Å². The molecule has 22 heavy (non-hydrogen) atoms. The van der Waals surface area contributed by atoms with E-state index in [0.717, 1.165) is 44.7 Å². The normalized spacial score (nSPS) is 17.5. The van der Waals surface area contributed by atoms with Crippen LogP contribution in [0.25, 0.3) is 0 Å². The lowest BCUT2D eigenvalue weighted by Gasteiger charge is -2.35. The van der Waals surface area contributed by atoms with E-state index < -0.39 is 0 Å². The molecule has 1 fully saturated rings. The fourth-order valence-corrected chi connectivity index (χ4v) is 3.09. The quantitative estimate of drug-likeness (QED) is 0.858. The number of nitrogens with zero attached hydrogens (tertiary/aromatic N) is 3. The molecule has 2 rings (SSSR count). The summed E-state index contributed by atoms with van der Waals surface area (Å²) in [5, 5.41) is 0. The van der Waals surface area contributed by atoms with E-state index in [1.807, 2.05) is 51.0 Å². The summed E-state index contributed by atoms with van der Waals surface area (Å²) < 4.78 is 0. The van der Waals surface area contributed by atoms with Gasteiger partial charge in [-0.2, -0.15) is 0 Å². The molecule has 0 saturated carbocycles. The fraction of sp³-hybridized carbons (Fsp3) is 0.667. The Morgan fingerprint density at radius 1 is 1.32 bits per heavy atom. The Balaban J connectivity index is 1.76. The second-order valence-corrected chi connectivity index (χ2v) is 7.48.